The van der Waals surface area contributed by atoms with E-state index in [2.05, 4.69) is 113 Å². The van der Waals surface area contributed by atoms with Crippen LogP contribution in [-0.4, -0.2) is 0 Å². The van der Waals surface area contributed by atoms with Gasteiger partial charge in [0.25, 0.3) is 0 Å². The van der Waals surface area contributed by atoms with Crippen molar-refractivity contribution in [1.29, 1.82) is 0 Å². The fraction of sp³-hybridized carbons (Fsp3) is 0.226. The molecule has 0 unspecified atom stereocenters. The zero-order valence-electron chi connectivity index (χ0n) is 18.8. The van der Waals surface area contributed by atoms with Crippen LogP contribution in [0.2, 0.25) is 0 Å². The van der Waals surface area contributed by atoms with Crippen LogP contribution in [0.4, 0.5) is 0 Å². The van der Waals surface area contributed by atoms with Gasteiger partial charge in [0.1, 0.15) is 0 Å². The fourth-order valence-electron chi connectivity index (χ4n) is 5.75. The lowest BCUT2D eigenvalue weighted by atomic mass is 9.55. The van der Waals surface area contributed by atoms with Crippen LogP contribution in [0.5, 0.6) is 0 Å². The monoisotopic (exact) mass is 400 g/mol. The van der Waals surface area contributed by atoms with Gasteiger partial charge >= 0.3 is 0 Å². The molecule has 0 saturated carbocycles. The lowest BCUT2D eigenvalue weighted by Gasteiger charge is -2.48. The Hall–Kier alpha value is -3.12. The van der Waals surface area contributed by atoms with E-state index in [4.69, 9.17) is 0 Å². The number of rotatable bonds is 1. The predicted octanol–water partition coefficient (Wildman–Crippen LogP) is 8.16. The standard InChI is InChI=1S/C31H28/c1-30(2)28-12-8-7-11-26(28)27-19-21(14-16-29(27)31(30,3)4)20-13-15-25-23(17-20)18-22-9-5-6-10-24(22)25/h5-17,19H,18H2,1-4H3. The molecular formula is C31H28. The first-order chi connectivity index (χ1) is 14.9. The van der Waals surface area contributed by atoms with Gasteiger partial charge in [-0.25, -0.2) is 0 Å². The van der Waals surface area contributed by atoms with Crippen LogP contribution >= 0.6 is 0 Å². The Morgan fingerprint density at radius 1 is 0.484 bits per heavy atom. The van der Waals surface area contributed by atoms with E-state index in [-0.39, 0.29) is 10.8 Å². The van der Waals surface area contributed by atoms with Crippen LogP contribution in [0.15, 0.2) is 84.9 Å². The zero-order chi connectivity index (χ0) is 21.4. The molecule has 0 atom stereocenters. The van der Waals surface area contributed by atoms with E-state index in [1.165, 1.54) is 55.6 Å². The molecule has 0 amide bonds. The molecule has 0 heteroatoms. The van der Waals surface area contributed by atoms with Crippen LogP contribution in [0.3, 0.4) is 0 Å². The van der Waals surface area contributed by atoms with Crippen molar-refractivity contribution in [2.45, 2.75) is 44.9 Å². The van der Waals surface area contributed by atoms with Gasteiger partial charge in [-0.1, -0.05) is 107 Å². The Morgan fingerprint density at radius 3 is 1.87 bits per heavy atom. The van der Waals surface area contributed by atoms with E-state index in [1.54, 1.807) is 0 Å². The molecule has 0 bridgehead atoms. The van der Waals surface area contributed by atoms with Crippen LogP contribution in [0.1, 0.15) is 49.9 Å². The SMILES string of the molecule is CC1(C)c2ccccc2-c2cc(-c3ccc4c(c3)Cc3ccccc3-4)ccc2C1(C)C. The molecule has 0 saturated heterocycles. The maximum absolute atomic E-state index is 2.43. The maximum atomic E-state index is 2.43. The first-order valence-corrected chi connectivity index (χ1v) is 11.3. The molecule has 0 heterocycles. The summed E-state index contributed by atoms with van der Waals surface area (Å²) in [5.74, 6) is 0. The zero-order valence-corrected chi connectivity index (χ0v) is 18.8. The minimum atomic E-state index is 0.0643. The van der Waals surface area contributed by atoms with E-state index in [0.717, 1.165) is 6.42 Å². The molecule has 0 N–H and O–H groups in total. The lowest BCUT2D eigenvalue weighted by molar-refractivity contribution is 0.299. The Bertz CT molecular complexity index is 1350. The Labute approximate surface area is 185 Å². The third-order valence-electron chi connectivity index (χ3n) is 8.27. The van der Waals surface area contributed by atoms with Crippen molar-refractivity contribution in [2.24, 2.45) is 0 Å². The highest BCUT2D eigenvalue weighted by Gasteiger charge is 2.45. The number of hydrogen-bond donors (Lipinski definition) is 0. The second-order valence-corrected chi connectivity index (χ2v) is 10.3. The molecule has 31 heavy (non-hydrogen) atoms. The summed E-state index contributed by atoms with van der Waals surface area (Å²) in [6, 6.07) is 31.9. The third-order valence-corrected chi connectivity index (χ3v) is 8.27. The van der Waals surface area contributed by atoms with Gasteiger partial charge in [-0.3, -0.25) is 0 Å². The summed E-state index contributed by atoms with van der Waals surface area (Å²) < 4.78 is 0. The second-order valence-electron chi connectivity index (χ2n) is 10.3. The van der Waals surface area contributed by atoms with Crippen LogP contribution in [-0.2, 0) is 17.3 Å². The fourth-order valence-corrected chi connectivity index (χ4v) is 5.75. The highest BCUT2D eigenvalue weighted by atomic mass is 14.5. The second kappa shape index (κ2) is 6.20. The molecule has 2 aliphatic rings. The summed E-state index contributed by atoms with van der Waals surface area (Å²) >= 11 is 0. The van der Waals surface area contributed by atoms with Crippen molar-refractivity contribution in [3.63, 3.8) is 0 Å². The molecule has 0 fully saturated rings. The Kier molecular flexibility index (Phi) is 3.73. The normalized spacial score (nSPS) is 16.8. The topological polar surface area (TPSA) is 0 Å². The van der Waals surface area contributed by atoms with Gasteiger partial charge in [0.2, 0.25) is 0 Å². The summed E-state index contributed by atoms with van der Waals surface area (Å²) in [7, 11) is 0. The van der Waals surface area contributed by atoms with Crippen molar-refractivity contribution < 1.29 is 0 Å². The van der Waals surface area contributed by atoms with E-state index in [9.17, 15) is 0 Å². The van der Waals surface area contributed by atoms with Crippen molar-refractivity contribution >= 4 is 0 Å². The Balaban J connectivity index is 1.50. The summed E-state index contributed by atoms with van der Waals surface area (Å²) in [6.07, 6.45) is 1.04. The van der Waals surface area contributed by atoms with Crippen molar-refractivity contribution in [3.05, 3.63) is 107 Å². The van der Waals surface area contributed by atoms with E-state index in [0.29, 0.717) is 0 Å². The minimum absolute atomic E-state index is 0.0643. The number of hydrogen-bond acceptors (Lipinski definition) is 0. The van der Waals surface area contributed by atoms with Gasteiger partial charge in [-0.15, -0.1) is 0 Å². The Morgan fingerprint density at radius 2 is 1.06 bits per heavy atom. The summed E-state index contributed by atoms with van der Waals surface area (Å²) in [5.41, 5.74) is 14.1. The largest absolute Gasteiger partial charge is 0.0619 e. The maximum Gasteiger partial charge on any atom is -0.000567 e. The molecule has 0 radical (unpaired) electrons. The molecule has 0 spiro atoms. The van der Waals surface area contributed by atoms with Crippen LogP contribution in [0.25, 0.3) is 33.4 Å². The number of benzene rings is 4. The highest BCUT2D eigenvalue weighted by Crippen LogP contribution is 2.54. The molecule has 152 valence electrons. The quantitative estimate of drug-likeness (QED) is 0.266. The van der Waals surface area contributed by atoms with Gasteiger partial charge in [-0.2, -0.15) is 0 Å². The lowest BCUT2D eigenvalue weighted by Crippen LogP contribution is -2.43. The van der Waals surface area contributed by atoms with Gasteiger partial charge in [0, 0.05) is 0 Å². The molecule has 6 rings (SSSR count). The molecule has 4 aromatic rings. The molecular weight excluding hydrogens is 372 g/mol. The van der Waals surface area contributed by atoms with Gasteiger partial charge in [0.05, 0.1) is 0 Å². The third kappa shape index (κ3) is 2.48. The summed E-state index contributed by atoms with van der Waals surface area (Å²) in [5, 5.41) is 0. The van der Waals surface area contributed by atoms with Crippen LogP contribution in [0, 0.1) is 0 Å². The van der Waals surface area contributed by atoms with E-state index in [1.807, 2.05) is 0 Å². The van der Waals surface area contributed by atoms with Crippen molar-refractivity contribution in [2.75, 3.05) is 0 Å². The summed E-state index contributed by atoms with van der Waals surface area (Å²) in [4.78, 5) is 0. The molecule has 4 aromatic carbocycles. The van der Waals surface area contributed by atoms with Gasteiger partial charge in [0.15, 0.2) is 0 Å². The average Bonchev–Trinajstić information content (AvgIpc) is 3.15. The van der Waals surface area contributed by atoms with Crippen LogP contribution < -0.4 is 0 Å². The van der Waals surface area contributed by atoms with E-state index >= 15 is 0 Å². The molecule has 0 aliphatic heterocycles. The molecule has 2 aliphatic carbocycles. The predicted molar refractivity (Wildman–Crippen MR) is 132 cm³/mol. The molecule has 0 aromatic heterocycles. The first-order valence-electron chi connectivity index (χ1n) is 11.3. The molecule has 0 nitrogen and oxygen atoms in total. The average molecular weight is 401 g/mol. The van der Waals surface area contributed by atoms with E-state index < -0.39 is 0 Å². The highest BCUT2D eigenvalue weighted by molar-refractivity contribution is 5.84. The summed E-state index contributed by atoms with van der Waals surface area (Å²) in [6.45, 7) is 9.57. The van der Waals surface area contributed by atoms with Gasteiger partial charge in [-0.05, 0) is 79.0 Å². The van der Waals surface area contributed by atoms with Crippen molar-refractivity contribution in [3.8, 4) is 33.4 Å². The van der Waals surface area contributed by atoms with Gasteiger partial charge < -0.3 is 0 Å². The minimum Gasteiger partial charge on any atom is -0.0619 e. The van der Waals surface area contributed by atoms with Crippen molar-refractivity contribution in [1.82, 2.24) is 0 Å². The smallest absolute Gasteiger partial charge is 0.000567 e. The first kappa shape index (κ1) is 18.6. The number of fused-ring (bicyclic) bond motifs is 6.